The summed E-state index contributed by atoms with van der Waals surface area (Å²) in [6.45, 7) is 4.33. The highest BCUT2D eigenvalue weighted by Gasteiger charge is 2.06. The topological polar surface area (TPSA) is 98.0 Å². The van der Waals surface area contributed by atoms with Crippen LogP contribution in [-0.4, -0.2) is 18.4 Å². The van der Waals surface area contributed by atoms with Crippen LogP contribution in [0.25, 0.3) is 0 Å². The van der Waals surface area contributed by atoms with Gasteiger partial charge in [0.25, 0.3) is 0 Å². The molecule has 1 heterocycles. The molecule has 0 aliphatic carbocycles. The molecule has 106 valence electrons. The fraction of sp³-hybridized carbons (Fsp3) is 0.231. The van der Waals surface area contributed by atoms with Crippen LogP contribution in [0.2, 0.25) is 0 Å². The normalized spacial score (nSPS) is 11.3. The third-order valence-electron chi connectivity index (χ3n) is 2.92. The third kappa shape index (κ3) is 3.52. The van der Waals surface area contributed by atoms with Gasteiger partial charge in [-0.2, -0.15) is 0 Å². The summed E-state index contributed by atoms with van der Waals surface area (Å²) in [6.07, 6.45) is 1.67. The fourth-order valence-electron chi connectivity index (χ4n) is 1.62. The Morgan fingerprint density at radius 2 is 1.80 bits per heavy atom. The number of benzene rings is 1. The van der Waals surface area contributed by atoms with Gasteiger partial charge in [0, 0.05) is 6.54 Å². The molecule has 2 aromatic rings. The lowest BCUT2D eigenvalue weighted by molar-refractivity contribution is 0.598. The van der Waals surface area contributed by atoms with Gasteiger partial charge in [-0.3, -0.25) is 4.98 Å². The second-order valence-corrected chi connectivity index (χ2v) is 6.03. The van der Waals surface area contributed by atoms with E-state index in [1.807, 2.05) is 13.8 Å². The number of rotatable bonds is 4. The van der Waals surface area contributed by atoms with E-state index in [1.165, 1.54) is 12.1 Å². The zero-order chi connectivity index (χ0) is 14.8. The SMILES string of the molecule is Cc1ncc(NCc2ccc(S(N)(=O)=O)cc2)nc1C. The maximum absolute atomic E-state index is 11.1. The quantitative estimate of drug-likeness (QED) is 0.886. The molecule has 0 aliphatic heterocycles. The fourth-order valence-corrected chi connectivity index (χ4v) is 2.13. The van der Waals surface area contributed by atoms with Crippen molar-refractivity contribution in [3.63, 3.8) is 0 Å². The maximum atomic E-state index is 11.1. The van der Waals surface area contributed by atoms with Crippen LogP contribution in [0.5, 0.6) is 0 Å². The van der Waals surface area contributed by atoms with Crippen molar-refractivity contribution in [2.75, 3.05) is 5.32 Å². The molecule has 0 bridgehead atoms. The molecule has 20 heavy (non-hydrogen) atoms. The summed E-state index contributed by atoms with van der Waals surface area (Å²) < 4.78 is 22.3. The van der Waals surface area contributed by atoms with Crippen LogP contribution < -0.4 is 10.5 Å². The first-order valence-corrected chi connectivity index (χ1v) is 7.57. The first-order chi connectivity index (χ1) is 9.36. The lowest BCUT2D eigenvalue weighted by Gasteiger charge is -2.07. The molecule has 3 N–H and O–H groups in total. The van der Waals surface area contributed by atoms with Crippen LogP contribution in [0.1, 0.15) is 17.0 Å². The zero-order valence-electron chi connectivity index (χ0n) is 11.3. The van der Waals surface area contributed by atoms with Gasteiger partial charge >= 0.3 is 0 Å². The molecule has 0 atom stereocenters. The predicted molar refractivity (Wildman–Crippen MR) is 76.6 cm³/mol. The van der Waals surface area contributed by atoms with Crippen molar-refractivity contribution >= 4 is 15.8 Å². The number of primary sulfonamides is 1. The monoisotopic (exact) mass is 292 g/mol. The summed E-state index contributed by atoms with van der Waals surface area (Å²) >= 11 is 0. The molecule has 1 aromatic heterocycles. The number of sulfonamides is 1. The Balaban J connectivity index is 2.06. The number of hydrogen-bond acceptors (Lipinski definition) is 5. The van der Waals surface area contributed by atoms with Crippen molar-refractivity contribution in [3.05, 3.63) is 47.4 Å². The second kappa shape index (κ2) is 5.56. The lowest BCUT2D eigenvalue weighted by Crippen LogP contribution is -2.12. The van der Waals surface area contributed by atoms with Crippen LogP contribution in [0, 0.1) is 13.8 Å². The van der Waals surface area contributed by atoms with E-state index in [4.69, 9.17) is 5.14 Å². The minimum Gasteiger partial charge on any atom is -0.365 e. The highest BCUT2D eigenvalue weighted by Crippen LogP contribution is 2.11. The Kier molecular flexibility index (Phi) is 4.01. The van der Waals surface area contributed by atoms with Crippen molar-refractivity contribution in [2.24, 2.45) is 5.14 Å². The van der Waals surface area contributed by atoms with Gasteiger partial charge < -0.3 is 5.32 Å². The molecule has 6 nitrogen and oxygen atoms in total. The molecule has 0 amide bonds. The van der Waals surface area contributed by atoms with Crippen LogP contribution >= 0.6 is 0 Å². The van der Waals surface area contributed by atoms with Crippen molar-refractivity contribution in [2.45, 2.75) is 25.3 Å². The van der Waals surface area contributed by atoms with E-state index in [0.717, 1.165) is 17.0 Å². The average molecular weight is 292 g/mol. The van der Waals surface area contributed by atoms with Crippen molar-refractivity contribution in [1.29, 1.82) is 0 Å². The first-order valence-electron chi connectivity index (χ1n) is 6.02. The van der Waals surface area contributed by atoms with Crippen LogP contribution in [0.4, 0.5) is 5.82 Å². The van der Waals surface area contributed by atoms with Crippen molar-refractivity contribution in [3.8, 4) is 0 Å². The number of nitrogens with zero attached hydrogens (tertiary/aromatic N) is 2. The molecule has 2 rings (SSSR count). The maximum Gasteiger partial charge on any atom is 0.238 e. The molecule has 0 fully saturated rings. The molecule has 7 heteroatoms. The summed E-state index contributed by atoms with van der Waals surface area (Å²) in [4.78, 5) is 8.68. The zero-order valence-corrected chi connectivity index (χ0v) is 12.1. The molecule has 0 spiro atoms. The molecule has 1 aromatic carbocycles. The molecule has 0 aliphatic rings. The van der Waals surface area contributed by atoms with E-state index in [9.17, 15) is 8.42 Å². The first kappa shape index (κ1) is 14.4. The Hall–Kier alpha value is -1.99. The van der Waals surface area contributed by atoms with Crippen LogP contribution in [0.3, 0.4) is 0 Å². The molecular weight excluding hydrogens is 276 g/mol. The average Bonchev–Trinajstić information content (AvgIpc) is 2.40. The van der Waals surface area contributed by atoms with Gasteiger partial charge in [-0.25, -0.2) is 18.5 Å². The van der Waals surface area contributed by atoms with E-state index in [1.54, 1.807) is 18.3 Å². The van der Waals surface area contributed by atoms with Gasteiger partial charge in [0.15, 0.2) is 0 Å². The van der Waals surface area contributed by atoms with Crippen molar-refractivity contribution in [1.82, 2.24) is 9.97 Å². The number of hydrogen-bond donors (Lipinski definition) is 2. The van der Waals surface area contributed by atoms with E-state index < -0.39 is 10.0 Å². The van der Waals surface area contributed by atoms with Crippen molar-refractivity contribution < 1.29 is 8.42 Å². The van der Waals surface area contributed by atoms with Gasteiger partial charge in [-0.15, -0.1) is 0 Å². The summed E-state index contributed by atoms with van der Waals surface area (Å²) in [5.41, 5.74) is 2.70. The number of aryl methyl sites for hydroxylation is 2. The van der Waals surface area contributed by atoms with E-state index in [2.05, 4.69) is 15.3 Å². The number of nitrogens with two attached hydrogens (primary N) is 1. The molecule has 0 saturated heterocycles. The van der Waals surface area contributed by atoms with Gasteiger partial charge in [-0.05, 0) is 31.5 Å². The summed E-state index contributed by atoms with van der Waals surface area (Å²) in [7, 11) is -3.64. The molecule has 0 unspecified atom stereocenters. The van der Waals surface area contributed by atoms with Gasteiger partial charge in [0.1, 0.15) is 5.82 Å². The van der Waals surface area contributed by atoms with Crippen LogP contribution in [-0.2, 0) is 16.6 Å². The summed E-state index contributed by atoms with van der Waals surface area (Å²) in [5.74, 6) is 0.684. The largest absolute Gasteiger partial charge is 0.365 e. The van der Waals surface area contributed by atoms with Gasteiger partial charge in [0.2, 0.25) is 10.0 Å². The smallest absolute Gasteiger partial charge is 0.238 e. The second-order valence-electron chi connectivity index (χ2n) is 4.47. The standard InChI is InChI=1S/C13H16N4O2S/c1-9-10(2)17-13(8-15-9)16-7-11-3-5-12(6-4-11)20(14,18)19/h3-6,8H,7H2,1-2H3,(H,16,17)(H2,14,18,19). The number of aromatic nitrogens is 2. The Morgan fingerprint density at radius 1 is 1.15 bits per heavy atom. The highest BCUT2D eigenvalue weighted by molar-refractivity contribution is 7.89. The minimum absolute atomic E-state index is 0.104. The lowest BCUT2D eigenvalue weighted by atomic mass is 10.2. The third-order valence-corrected chi connectivity index (χ3v) is 3.85. The molecule has 0 saturated carbocycles. The number of nitrogens with one attached hydrogen (secondary N) is 1. The predicted octanol–water partition coefficient (Wildman–Crippen LogP) is 1.35. The Bertz CT molecular complexity index is 712. The van der Waals surface area contributed by atoms with Gasteiger partial charge in [-0.1, -0.05) is 12.1 Å². The Labute approximate surface area is 118 Å². The Morgan fingerprint density at radius 3 is 2.35 bits per heavy atom. The summed E-state index contributed by atoms with van der Waals surface area (Å²) in [6, 6.07) is 6.39. The van der Waals surface area contributed by atoms with E-state index in [-0.39, 0.29) is 4.90 Å². The van der Waals surface area contributed by atoms with E-state index >= 15 is 0 Å². The summed E-state index contributed by atoms with van der Waals surface area (Å²) in [5, 5.41) is 8.17. The molecular formula is C13H16N4O2S. The minimum atomic E-state index is -3.64. The van der Waals surface area contributed by atoms with Gasteiger partial charge in [0.05, 0.1) is 22.5 Å². The van der Waals surface area contributed by atoms with Crippen LogP contribution in [0.15, 0.2) is 35.4 Å². The van der Waals surface area contributed by atoms with E-state index in [0.29, 0.717) is 12.4 Å². The molecule has 0 radical (unpaired) electrons. The number of anilines is 1. The highest BCUT2D eigenvalue weighted by atomic mass is 32.2.